The minimum atomic E-state index is -0.323. The first-order valence-electron chi connectivity index (χ1n) is 4.41. The van der Waals surface area contributed by atoms with Gasteiger partial charge in [0.15, 0.2) is 0 Å². The molecule has 1 aromatic carbocycles. The fourth-order valence-electron chi connectivity index (χ4n) is 1.32. The molecule has 0 aromatic heterocycles. The van der Waals surface area contributed by atoms with Gasteiger partial charge in [0.1, 0.15) is 17.9 Å². The summed E-state index contributed by atoms with van der Waals surface area (Å²) in [6, 6.07) is 7.60. The molecule has 1 aromatic rings. The molecule has 0 spiro atoms. The molecule has 0 saturated carbocycles. The monoisotopic (exact) mass is 205 g/mol. The third kappa shape index (κ3) is 1.72. The summed E-state index contributed by atoms with van der Waals surface area (Å²) in [4.78, 5) is 1.16. The third-order valence-corrected chi connectivity index (χ3v) is 3.27. The van der Waals surface area contributed by atoms with E-state index in [-0.39, 0.29) is 12.1 Å². The molecule has 0 aliphatic carbocycles. The highest BCUT2D eigenvalue weighted by Gasteiger charge is 2.24. The number of nitrogens with two attached hydrogens (primary N) is 1. The maximum Gasteiger partial charge on any atom is 0.134 e. The van der Waals surface area contributed by atoms with Gasteiger partial charge in [-0.3, -0.25) is 0 Å². The summed E-state index contributed by atoms with van der Waals surface area (Å²) in [5, 5.41) is 0. The lowest BCUT2D eigenvalue weighted by Crippen LogP contribution is -2.41. The van der Waals surface area contributed by atoms with Crippen molar-refractivity contribution in [3.63, 3.8) is 0 Å². The van der Waals surface area contributed by atoms with Crippen molar-refractivity contribution in [2.75, 3.05) is 5.75 Å². The van der Waals surface area contributed by atoms with Gasteiger partial charge in [-0.2, -0.15) is 0 Å². The SMILES string of the molecule is C#CC(N)C1CSc2ccccc2O1. The Morgan fingerprint density at radius 3 is 3.14 bits per heavy atom. The van der Waals surface area contributed by atoms with Crippen LogP contribution in [0.25, 0.3) is 0 Å². The molecule has 14 heavy (non-hydrogen) atoms. The van der Waals surface area contributed by atoms with Gasteiger partial charge in [-0.15, -0.1) is 18.2 Å². The number of ether oxygens (including phenoxy) is 1. The highest BCUT2D eigenvalue weighted by molar-refractivity contribution is 7.99. The molecule has 2 atom stereocenters. The molecule has 3 heteroatoms. The van der Waals surface area contributed by atoms with E-state index in [2.05, 4.69) is 5.92 Å². The molecule has 1 aliphatic rings. The van der Waals surface area contributed by atoms with Crippen LogP contribution in [0.4, 0.5) is 0 Å². The van der Waals surface area contributed by atoms with Crippen molar-refractivity contribution >= 4 is 11.8 Å². The van der Waals surface area contributed by atoms with Crippen LogP contribution in [0, 0.1) is 12.3 Å². The molecule has 0 bridgehead atoms. The van der Waals surface area contributed by atoms with Crippen molar-refractivity contribution < 1.29 is 4.74 Å². The van der Waals surface area contributed by atoms with Crippen LogP contribution in [0.3, 0.4) is 0 Å². The Hall–Kier alpha value is -1.11. The molecule has 0 fully saturated rings. The maximum atomic E-state index is 5.73. The lowest BCUT2D eigenvalue weighted by molar-refractivity contribution is 0.204. The molecule has 2 N–H and O–H groups in total. The standard InChI is InChI=1S/C11H11NOS/c1-2-8(12)10-7-14-11-6-4-3-5-9(11)13-10/h1,3-6,8,10H,7,12H2. The summed E-state index contributed by atoms with van der Waals surface area (Å²) in [5.74, 6) is 4.22. The lowest BCUT2D eigenvalue weighted by atomic mass is 10.2. The quantitative estimate of drug-likeness (QED) is 0.706. The summed E-state index contributed by atoms with van der Waals surface area (Å²) < 4.78 is 5.70. The highest BCUT2D eigenvalue weighted by atomic mass is 32.2. The predicted octanol–water partition coefficient (Wildman–Crippen LogP) is 1.50. The zero-order valence-electron chi connectivity index (χ0n) is 7.64. The van der Waals surface area contributed by atoms with Crippen LogP contribution in [-0.4, -0.2) is 17.9 Å². The Balaban J connectivity index is 2.18. The molecule has 0 saturated heterocycles. The van der Waals surface area contributed by atoms with Gasteiger partial charge in [-0.25, -0.2) is 0 Å². The second-order valence-corrected chi connectivity index (χ2v) is 4.17. The second kappa shape index (κ2) is 3.95. The highest BCUT2D eigenvalue weighted by Crippen LogP contribution is 2.35. The van der Waals surface area contributed by atoms with Crippen molar-refractivity contribution in [3.8, 4) is 18.1 Å². The Labute approximate surface area is 87.8 Å². The van der Waals surface area contributed by atoms with E-state index in [0.717, 1.165) is 16.4 Å². The van der Waals surface area contributed by atoms with Crippen LogP contribution >= 0.6 is 11.8 Å². The number of para-hydroxylation sites is 1. The van der Waals surface area contributed by atoms with Gasteiger partial charge in [0.2, 0.25) is 0 Å². The maximum absolute atomic E-state index is 5.73. The zero-order valence-corrected chi connectivity index (χ0v) is 8.46. The van der Waals surface area contributed by atoms with E-state index >= 15 is 0 Å². The van der Waals surface area contributed by atoms with Crippen molar-refractivity contribution in [1.82, 2.24) is 0 Å². The largest absolute Gasteiger partial charge is 0.486 e. The minimum Gasteiger partial charge on any atom is -0.486 e. The number of rotatable bonds is 1. The fraction of sp³-hybridized carbons (Fsp3) is 0.273. The van der Waals surface area contributed by atoms with E-state index in [0.29, 0.717) is 0 Å². The van der Waals surface area contributed by atoms with Crippen LogP contribution in [-0.2, 0) is 0 Å². The molecule has 2 rings (SSSR count). The summed E-state index contributed by atoms with van der Waals surface area (Å²) in [7, 11) is 0. The molecule has 2 unspecified atom stereocenters. The Morgan fingerprint density at radius 1 is 1.57 bits per heavy atom. The van der Waals surface area contributed by atoms with E-state index in [1.54, 1.807) is 11.8 Å². The third-order valence-electron chi connectivity index (χ3n) is 2.12. The lowest BCUT2D eigenvalue weighted by Gasteiger charge is -2.27. The summed E-state index contributed by atoms with van der Waals surface area (Å²) in [6.45, 7) is 0. The topological polar surface area (TPSA) is 35.2 Å². The zero-order chi connectivity index (χ0) is 9.97. The van der Waals surface area contributed by atoms with Crippen LogP contribution in [0.15, 0.2) is 29.2 Å². The number of hydrogen-bond acceptors (Lipinski definition) is 3. The number of hydrogen-bond donors (Lipinski definition) is 1. The van der Waals surface area contributed by atoms with Gasteiger partial charge >= 0.3 is 0 Å². The fourth-order valence-corrected chi connectivity index (χ4v) is 2.37. The minimum absolute atomic E-state index is 0.0695. The molecule has 72 valence electrons. The molecule has 1 aliphatic heterocycles. The average molecular weight is 205 g/mol. The summed E-state index contributed by atoms with van der Waals surface area (Å²) in [5.41, 5.74) is 5.73. The second-order valence-electron chi connectivity index (χ2n) is 3.11. The average Bonchev–Trinajstić information content (AvgIpc) is 2.27. The van der Waals surface area contributed by atoms with Gasteiger partial charge in [-0.05, 0) is 12.1 Å². The van der Waals surface area contributed by atoms with Crippen molar-refractivity contribution in [2.24, 2.45) is 5.73 Å². The van der Waals surface area contributed by atoms with Crippen LogP contribution in [0.5, 0.6) is 5.75 Å². The number of fused-ring (bicyclic) bond motifs is 1. The Kier molecular flexibility index (Phi) is 2.67. The van der Waals surface area contributed by atoms with Crippen LogP contribution in [0.2, 0.25) is 0 Å². The predicted molar refractivity (Wildman–Crippen MR) is 58.4 cm³/mol. The number of terminal acetylenes is 1. The van der Waals surface area contributed by atoms with Gasteiger partial charge < -0.3 is 10.5 Å². The smallest absolute Gasteiger partial charge is 0.134 e. The van der Waals surface area contributed by atoms with Gasteiger partial charge in [0.25, 0.3) is 0 Å². The van der Waals surface area contributed by atoms with Crippen LogP contribution < -0.4 is 10.5 Å². The number of benzene rings is 1. The van der Waals surface area contributed by atoms with E-state index in [9.17, 15) is 0 Å². The van der Waals surface area contributed by atoms with Crippen molar-refractivity contribution in [1.29, 1.82) is 0 Å². The first kappa shape index (κ1) is 9.45. The van der Waals surface area contributed by atoms with Crippen LogP contribution in [0.1, 0.15) is 0 Å². The first-order valence-corrected chi connectivity index (χ1v) is 5.40. The van der Waals surface area contributed by atoms with Crippen molar-refractivity contribution in [3.05, 3.63) is 24.3 Å². The first-order chi connectivity index (χ1) is 6.81. The molecule has 0 radical (unpaired) electrons. The van der Waals surface area contributed by atoms with E-state index in [1.807, 2.05) is 24.3 Å². The van der Waals surface area contributed by atoms with E-state index < -0.39 is 0 Å². The van der Waals surface area contributed by atoms with E-state index in [1.165, 1.54) is 0 Å². The summed E-state index contributed by atoms with van der Waals surface area (Å²) >= 11 is 1.74. The molecule has 1 heterocycles. The molecular weight excluding hydrogens is 194 g/mol. The van der Waals surface area contributed by atoms with Gasteiger partial charge in [0.05, 0.1) is 0 Å². The Morgan fingerprint density at radius 2 is 2.36 bits per heavy atom. The van der Waals surface area contributed by atoms with Gasteiger partial charge in [0, 0.05) is 10.6 Å². The van der Waals surface area contributed by atoms with Gasteiger partial charge in [-0.1, -0.05) is 18.1 Å². The normalized spacial score (nSPS) is 21.6. The molecular formula is C11H11NOS. The molecule has 0 amide bonds. The van der Waals surface area contributed by atoms with E-state index in [4.69, 9.17) is 16.9 Å². The Bertz CT molecular complexity index is 372. The number of thioether (sulfide) groups is 1. The molecule has 2 nitrogen and oxygen atoms in total. The van der Waals surface area contributed by atoms with Crippen molar-refractivity contribution in [2.45, 2.75) is 17.0 Å². The summed E-state index contributed by atoms with van der Waals surface area (Å²) in [6.07, 6.45) is 5.19.